The minimum atomic E-state index is -0.503. The number of benzene rings is 1. The highest BCUT2D eigenvalue weighted by Crippen LogP contribution is 2.23. The van der Waals surface area contributed by atoms with E-state index < -0.39 is 5.82 Å². The maximum Gasteiger partial charge on any atom is 0.153 e. The maximum atomic E-state index is 13.4. The van der Waals surface area contributed by atoms with Gasteiger partial charge in [0.25, 0.3) is 0 Å². The summed E-state index contributed by atoms with van der Waals surface area (Å²) in [5, 5.41) is 4.09. The third kappa shape index (κ3) is 1.74. The van der Waals surface area contributed by atoms with Crippen molar-refractivity contribution in [3.63, 3.8) is 0 Å². The molecule has 0 spiro atoms. The van der Waals surface area contributed by atoms with Gasteiger partial charge in [-0.25, -0.2) is 4.39 Å². The number of aryl methyl sites for hydroxylation is 1. The van der Waals surface area contributed by atoms with Crippen LogP contribution in [0, 0.1) is 5.82 Å². The molecule has 2 aromatic rings. The van der Waals surface area contributed by atoms with E-state index in [1.165, 1.54) is 6.07 Å². The molecule has 0 fully saturated rings. The van der Waals surface area contributed by atoms with Gasteiger partial charge in [-0.3, -0.25) is 9.48 Å². The first-order valence-corrected chi connectivity index (χ1v) is 5.02. The van der Waals surface area contributed by atoms with E-state index in [0.717, 1.165) is 12.1 Å². The smallest absolute Gasteiger partial charge is 0.153 e. The minimum absolute atomic E-state index is 0.0816. The van der Waals surface area contributed by atoms with Crippen molar-refractivity contribution in [1.29, 1.82) is 0 Å². The predicted molar refractivity (Wildman–Crippen MR) is 58.7 cm³/mol. The zero-order valence-electron chi connectivity index (χ0n) is 8.85. The highest BCUT2D eigenvalue weighted by atomic mass is 19.1. The molecule has 1 aromatic heterocycles. The van der Waals surface area contributed by atoms with Gasteiger partial charge in [-0.05, 0) is 18.6 Å². The van der Waals surface area contributed by atoms with E-state index >= 15 is 0 Å². The van der Waals surface area contributed by atoms with E-state index in [1.807, 2.05) is 6.92 Å². The van der Waals surface area contributed by atoms with Crippen molar-refractivity contribution in [3.8, 4) is 11.1 Å². The molecular formula is C12H11FN2O. The van der Waals surface area contributed by atoms with Crippen LogP contribution in [0.4, 0.5) is 4.39 Å². The van der Waals surface area contributed by atoms with Crippen molar-refractivity contribution in [3.05, 3.63) is 42.0 Å². The summed E-state index contributed by atoms with van der Waals surface area (Å²) in [4.78, 5) is 10.8. The number of carbonyl (C=O) groups is 1. The molecule has 0 aliphatic rings. The van der Waals surface area contributed by atoms with Gasteiger partial charge in [0.1, 0.15) is 5.82 Å². The molecule has 0 radical (unpaired) electrons. The van der Waals surface area contributed by atoms with Gasteiger partial charge in [0.2, 0.25) is 0 Å². The molecule has 0 saturated heterocycles. The molecule has 0 aliphatic heterocycles. The topological polar surface area (TPSA) is 34.9 Å². The van der Waals surface area contributed by atoms with Crippen molar-refractivity contribution >= 4 is 6.29 Å². The quantitative estimate of drug-likeness (QED) is 0.742. The lowest BCUT2D eigenvalue weighted by atomic mass is 10.0. The molecular weight excluding hydrogens is 207 g/mol. The van der Waals surface area contributed by atoms with Crippen LogP contribution in [0.3, 0.4) is 0 Å². The Bertz CT molecular complexity index is 519. The third-order valence-electron chi connectivity index (χ3n) is 2.44. The summed E-state index contributed by atoms with van der Waals surface area (Å²) in [6, 6.07) is 4.57. The number of hydrogen-bond acceptors (Lipinski definition) is 2. The second-order valence-electron chi connectivity index (χ2n) is 3.40. The van der Waals surface area contributed by atoms with Crippen LogP contribution in [0.15, 0.2) is 30.6 Å². The first kappa shape index (κ1) is 10.5. The lowest BCUT2D eigenvalue weighted by molar-refractivity contribution is 0.112. The molecule has 3 nitrogen and oxygen atoms in total. The molecule has 0 unspecified atom stereocenters. The standard InChI is InChI=1S/C12H11FN2O/c1-2-15-7-9(6-14-15)10-4-3-5-12(13)11(10)8-16/h3-8H,2H2,1H3. The summed E-state index contributed by atoms with van der Waals surface area (Å²) in [6.45, 7) is 2.70. The summed E-state index contributed by atoms with van der Waals surface area (Å²) >= 11 is 0. The largest absolute Gasteiger partial charge is 0.298 e. The summed E-state index contributed by atoms with van der Waals surface area (Å²) < 4.78 is 15.1. The van der Waals surface area contributed by atoms with Crippen LogP contribution in [-0.2, 0) is 6.54 Å². The van der Waals surface area contributed by atoms with E-state index in [0.29, 0.717) is 11.8 Å². The summed E-state index contributed by atoms with van der Waals surface area (Å²) in [5.74, 6) is -0.503. The van der Waals surface area contributed by atoms with E-state index in [1.54, 1.807) is 29.2 Å². The fourth-order valence-electron chi connectivity index (χ4n) is 1.58. The molecule has 0 atom stereocenters. The Morgan fingerprint density at radius 1 is 1.50 bits per heavy atom. The van der Waals surface area contributed by atoms with Crippen LogP contribution >= 0.6 is 0 Å². The number of nitrogens with zero attached hydrogens (tertiary/aromatic N) is 2. The SMILES string of the molecule is CCn1cc(-c2cccc(F)c2C=O)cn1. The molecule has 2 rings (SSSR count). The van der Waals surface area contributed by atoms with Crippen LogP contribution in [0.1, 0.15) is 17.3 Å². The third-order valence-corrected chi connectivity index (χ3v) is 2.44. The van der Waals surface area contributed by atoms with Gasteiger partial charge in [0, 0.05) is 18.3 Å². The molecule has 1 aromatic carbocycles. The zero-order valence-corrected chi connectivity index (χ0v) is 8.85. The fraction of sp³-hybridized carbons (Fsp3) is 0.167. The Kier molecular flexibility index (Phi) is 2.81. The van der Waals surface area contributed by atoms with Crippen LogP contribution in [-0.4, -0.2) is 16.1 Å². The molecule has 0 aliphatic carbocycles. The van der Waals surface area contributed by atoms with Crippen molar-refractivity contribution in [1.82, 2.24) is 9.78 Å². The van der Waals surface area contributed by atoms with Gasteiger partial charge in [-0.15, -0.1) is 0 Å². The van der Waals surface area contributed by atoms with E-state index in [4.69, 9.17) is 0 Å². The summed E-state index contributed by atoms with van der Waals surface area (Å²) in [7, 11) is 0. The number of aldehydes is 1. The normalized spacial score (nSPS) is 10.4. The first-order valence-electron chi connectivity index (χ1n) is 5.02. The van der Waals surface area contributed by atoms with E-state index in [2.05, 4.69) is 5.10 Å². The number of hydrogen-bond donors (Lipinski definition) is 0. The van der Waals surface area contributed by atoms with Gasteiger partial charge < -0.3 is 0 Å². The van der Waals surface area contributed by atoms with Crippen LogP contribution < -0.4 is 0 Å². The lowest BCUT2D eigenvalue weighted by Gasteiger charge is -2.02. The Morgan fingerprint density at radius 2 is 2.31 bits per heavy atom. The van der Waals surface area contributed by atoms with Crippen molar-refractivity contribution in [2.75, 3.05) is 0 Å². The van der Waals surface area contributed by atoms with Gasteiger partial charge in [-0.2, -0.15) is 5.10 Å². The average molecular weight is 218 g/mol. The van der Waals surface area contributed by atoms with Crippen molar-refractivity contribution in [2.45, 2.75) is 13.5 Å². The average Bonchev–Trinajstić information content (AvgIpc) is 2.77. The molecule has 1 heterocycles. The minimum Gasteiger partial charge on any atom is -0.298 e. The second kappa shape index (κ2) is 4.26. The van der Waals surface area contributed by atoms with Crippen LogP contribution in [0.2, 0.25) is 0 Å². The Hall–Kier alpha value is -1.97. The zero-order chi connectivity index (χ0) is 11.5. The van der Waals surface area contributed by atoms with Crippen LogP contribution in [0.25, 0.3) is 11.1 Å². The molecule has 0 saturated carbocycles. The second-order valence-corrected chi connectivity index (χ2v) is 3.40. The molecule has 0 N–H and O–H groups in total. The number of rotatable bonds is 3. The summed E-state index contributed by atoms with van der Waals surface area (Å²) in [6.07, 6.45) is 3.96. The number of carbonyl (C=O) groups excluding carboxylic acids is 1. The molecule has 0 amide bonds. The maximum absolute atomic E-state index is 13.4. The monoisotopic (exact) mass is 218 g/mol. The number of aromatic nitrogens is 2. The number of halogens is 1. The molecule has 16 heavy (non-hydrogen) atoms. The molecule has 4 heteroatoms. The molecule has 0 bridgehead atoms. The molecule has 82 valence electrons. The van der Waals surface area contributed by atoms with Crippen molar-refractivity contribution < 1.29 is 9.18 Å². The predicted octanol–water partition coefficient (Wildman–Crippen LogP) is 2.52. The van der Waals surface area contributed by atoms with Crippen molar-refractivity contribution in [2.24, 2.45) is 0 Å². The first-order chi connectivity index (χ1) is 7.76. The van der Waals surface area contributed by atoms with E-state index in [9.17, 15) is 9.18 Å². The lowest BCUT2D eigenvalue weighted by Crippen LogP contribution is -1.93. The summed E-state index contributed by atoms with van der Waals surface area (Å²) in [5.41, 5.74) is 1.41. The highest BCUT2D eigenvalue weighted by molar-refractivity contribution is 5.87. The Morgan fingerprint density at radius 3 is 2.94 bits per heavy atom. The van der Waals surface area contributed by atoms with Gasteiger partial charge >= 0.3 is 0 Å². The van der Waals surface area contributed by atoms with Gasteiger partial charge in [-0.1, -0.05) is 12.1 Å². The Labute approximate surface area is 92.5 Å². The van der Waals surface area contributed by atoms with E-state index in [-0.39, 0.29) is 5.56 Å². The highest BCUT2D eigenvalue weighted by Gasteiger charge is 2.10. The Balaban J connectivity index is 2.54. The van der Waals surface area contributed by atoms with Crippen LogP contribution in [0.5, 0.6) is 0 Å². The van der Waals surface area contributed by atoms with Gasteiger partial charge in [0.05, 0.1) is 11.8 Å². The van der Waals surface area contributed by atoms with Gasteiger partial charge in [0.15, 0.2) is 6.29 Å². The fourth-order valence-corrected chi connectivity index (χ4v) is 1.58.